The van der Waals surface area contributed by atoms with Gasteiger partial charge in [0.15, 0.2) is 0 Å². The van der Waals surface area contributed by atoms with E-state index in [0.717, 1.165) is 14.5 Å². The van der Waals surface area contributed by atoms with Gasteiger partial charge in [-0.15, -0.1) is 0 Å². The lowest BCUT2D eigenvalue weighted by Gasteiger charge is -2.17. The highest BCUT2D eigenvalue weighted by atomic mass is 79.9. The summed E-state index contributed by atoms with van der Waals surface area (Å²) in [5.41, 5.74) is 1.52. The van der Waals surface area contributed by atoms with Crippen molar-refractivity contribution in [3.63, 3.8) is 0 Å². The quantitative estimate of drug-likeness (QED) is 0.805. The van der Waals surface area contributed by atoms with Crippen molar-refractivity contribution in [2.45, 2.75) is 6.54 Å². The van der Waals surface area contributed by atoms with E-state index in [1.54, 1.807) is 24.2 Å². The van der Waals surface area contributed by atoms with E-state index in [1.165, 1.54) is 0 Å². The maximum atomic E-state index is 12.2. The molecule has 1 amide bonds. The molecule has 0 bridgehead atoms. The highest BCUT2D eigenvalue weighted by Crippen LogP contribution is 2.14. The zero-order valence-corrected chi connectivity index (χ0v) is 13.5. The van der Waals surface area contributed by atoms with Crippen molar-refractivity contribution in [3.8, 4) is 0 Å². The highest BCUT2D eigenvalue weighted by Gasteiger charge is 2.13. The van der Waals surface area contributed by atoms with Crippen molar-refractivity contribution in [2.24, 2.45) is 0 Å². The lowest BCUT2D eigenvalue weighted by molar-refractivity contribution is 0.0779. The summed E-state index contributed by atoms with van der Waals surface area (Å²) >= 11 is 6.72. The molecule has 98 valence electrons. The third-order valence-corrected chi connectivity index (χ3v) is 3.56. The molecule has 5 heteroatoms. The molecule has 0 atom stereocenters. The van der Waals surface area contributed by atoms with Crippen LogP contribution in [-0.4, -0.2) is 22.8 Å². The Bertz CT molecular complexity index is 584. The van der Waals surface area contributed by atoms with E-state index in [1.807, 2.05) is 30.3 Å². The van der Waals surface area contributed by atoms with Gasteiger partial charge in [0.1, 0.15) is 5.69 Å². The molecule has 0 saturated carbocycles. The normalized spacial score (nSPS) is 10.3. The zero-order chi connectivity index (χ0) is 13.8. The molecule has 2 aromatic rings. The Morgan fingerprint density at radius 1 is 1.21 bits per heavy atom. The molecule has 3 nitrogen and oxygen atoms in total. The number of carbonyl (C=O) groups is 1. The van der Waals surface area contributed by atoms with Crippen molar-refractivity contribution in [1.82, 2.24) is 9.88 Å². The molecule has 0 spiro atoms. The molecule has 1 heterocycles. The van der Waals surface area contributed by atoms with Crippen LogP contribution in [0.5, 0.6) is 0 Å². The lowest BCUT2D eigenvalue weighted by atomic mass is 10.2. The van der Waals surface area contributed by atoms with Gasteiger partial charge in [-0.1, -0.05) is 28.1 Å². The van der Waals surface area contributed by atoms with Crippen LogP contribution in [0.2, 0.25) is 0 Å². The Morgan fingerprint density at radius 2 is 2.00 bits per heavy atom. The van der Waals surface area contributed by atoms with E-state index in [9.17, 15) is 4.79 Å². The van der Waals surface area contributed by atoms with Crippen LogP contribution in [0.3, 0.4) is 0 Å². The Hall–Kier alpha value is -1.20. The molecular formula is C14H12Br2N2O. The van der Waals surface area contributed by atoms with Gasteiger partial charge in [0.25, 0.3) is 5.91 Å². The number of carbonyl (C=O) groups excluding carboxylic acids is 1. The molecule has 1 aromatic carbocycles. The van der Waals surface area contributed by atoms with Gasteiger partial charge < -0.3 is 4.90 Å². The molecule has 1 aromatic heterocycles. The Labute approximate surface area is 128 Å². The summed E-state index contributed by atoms with van der Waals surface area (Å²) in [7, 11) is 1.77. The maximum absolute atomic E-state index is 12.2. The standard InChI is InChI=1S/C14H12Br2N2O/c1-18(9-10-3-2-4-11(15)7-10)14(19)13-6-5-12(16)8-17-13/h2-8H,9H2,1H3. The third-order valence-electron chi connectivity index (χ3n) is 2.60. The van der Waals surface area contributed by atoms with E-state index >= 15 is 0 Å². The average molecular weight is 384 g/mol. The number of hydrogen-bond donors (Lipinski definition) is 0. The van der Waals surface area contributed by atoms with Gasteiger partial charge in [0.05, 0.1) is 0 Å². The third kappa shape index (κ3) is 3.88. The molecule has 0 saturated heterocycles. The second-order valence-electron chi connectivity index (χ2n) is 4.15. The monoisotopic (exact) mass is 382 g/mol. The molecule has 0 N–H and O–H groups in total. The van der Waals surface area contributed by atoms with E-state index in [-0.39, 0.29) is 5.91 Å². The Kier molecular flexibility index (Phi) is 4.71. The second kappa shape index (κ2) is 6.30. The highest BCUT2D eigenvalue weighted by molar-refractivity contribution is 9.10. The molecule has 0 fully saturated rings. The molecule has 0 radical (unpaired) electrons. The van der Waals surface area contributed by atoms with Gasteiger partial charge in [0, 0.05) is 28.7 Å². The van der Waals surface area contributed by atoms with Crippen LogP contribution >= 0.6 is 31.9 Å². The number of rotatable bonds is 3. The van der Waals surface area contributed by atoms with E-state index < -0.39 is 0 Å². The Balaban J connectivity index is 2.09. The number of halogens is 2. The summed E-state index contributed by atoms with van der Waals surface area (Å²) in [6.45, 7) is 0.552. The fourth-order valence-electron chi connectivity index (χ4n) is 1.68. The first kappa shape index (κ1) is 14.2. The van der Waals surface area contributed by atoms with Gasteiger partial charge in [-0.2, -0.15) is 0 Å². The predicted octanol–water partition coefficient (Wildman–Crippen LogP) is 3.88. The fourth-order valence-corrected chi connectivity index (χ4v) is 2.36. The number of pyridine rings is 1. The minimum absolute atomic E-state index is 0.0903. The van der Waals surface area contributed by atoms with E-state index in [2.05, 4.69) is 36.8 Å². The molecule has 0 aliphatic rings. The van der Waals surface area contributed by atoms with Crippen molar-refractivity contribution in [1.29, 1.82) is 0 Å². The number of amides is 1. The van der Waals surface area contributed by atoms with Crippen molar-refractivity contribution < 1.29 is 4.79 Å². The fraction of sp³-hybridized carbons (Fsp3) is 0.143. The van der Waals surface area contributed by atoms with Crippen LogP contribution < -0.4 is 0 Å². The van der Waals surface area contributed by atoms with E-state index in [4.69, 9.17) is 0 Å². The summed E-state index contributed by atoms with van der Waals surface area (Å²) in [4.78, 5) is 17.9. The number of aromatic nitrogens is 1. The van der Waals surface area contributed by atoms with Crippen LogP contribution in [0.1, 0.15) is 16.1 Å². The van der Waals surface area contributed by atoms with Crippen molar-refractivity contribution in [2.75, 3.05) is 7.05 Å². The Morgan fingerprint density at radius 3 is 2.63 bits per heavy atom. The maximum Gasteiger partial charge on any atom is 0.272 e. The van der Waals surface area contributed by atoms with Crippen LogP contribution in [0, 0.1) is 0 Å². The molecule has 0 aliphatic heterocycles. The first-order valence-corrected chi connectivity index (χ1v) is 7.26. The van der Waals surface area contributed by atoms with E-state index in [0.29, 0.717) is 12.2 Å². The topological polar surface area (TPSA) is 33.2 Å². The molecular weight excluding hydrogens is 372 g/mol. The van der Waals surface area contributed by atoms with Gasteiger partial charge in [-0.25, -0.2) is 4.98 Å². The smallest absolute Gasteiger partial charge is 0.272 e. The summed E-state index contributed by atoms with van der Waals surface area (Å²) in [6, 6.07) is 11.4. The van der Waals surface area contributed by atoms with Crippen molar-refractivity contribution >= 4 is 37.8 Å². The molecule has 0 aliphatic carbocycles. The zero-order valence-electron chi connectivity index (χ0n) is 10.3. The second-order valence-corrected chi connectivity index (χ2v) is 5.98. The largest absolute Gasteiger partial charge is 0.336 e. The molecule has 0 unspecified atom stereocenters. The first-order chi connectivity index (χ1) is 9.06. The van der Waals surface area contributed by atoms with Crippen LogP contribution in [0.15, 0.2) is 51.5 Å². The minimum Gasteiger partial charge on any atom is -0.336 e. The summed E-state index contributed by atoms with van der Waals surface area (Å²) < 4.78 is 1.87. The van der Waals surface area contributed by atoms with Crippen LogP contribution in [0.25, 0.3) is 0 Å². The summed E-state index contributed by atoms with van der Waals surface area (Å²) in [6.07, 6.45) is 1.63. The van der Waals surface area contributed by atoms with Crippen molar-refractivity contribution in [3.05, 3.63) is 62.8 Å². The number of nitrogens with zero attached hydrogens (tertiary/aromatic N) is 2. The number of benzene rings is 1. The average Bonchev–Trinajstić information content (AvgIpc) is 2.39. The molecule has 19 heavy (non-hydrogen) atoms. The first-order valence-electron chi connectivity index (χ1n) is 5.68. The van der Waals surface area contributed by atoms with Crippen LogP contribution in [-0.2, 0) is 6.54 Å². The van der Waals surface area contributed by atoms with Gasteiger partial charge >= 0.3 is 0 Å². The molecule has 2 rings (SSSR count). The lowest BCUT2D eigenvalue weighted by Crippen LogP contribution is -2.26. The predicted molar refractivity (Wildman–Crippen MR) is 81.9 cm³/mol. The van der Waals surface area contributed by atoms with Gasteiger partial charge in [-0.3, -0.25) is 4.79 Å². The SMILES string of the molecule is CN(Cc1cccc(Br)c1)C(=O)c1ccc(Br)cn1. The minimum atomic E-state index is -0.0903. The van der Waals surface area contributed by atoms with Crippen LogP contribution in [0.4, 0.5) is 0 Å². The summed E-state index contributed by atoms with van der Waals surface area (Å²) in [5.74, 6) is -0.0903. The number of hydrogen-bond acceptors (Lipinski definition) is 2. The summed E-state index contributed by atoms with van der Waals surface area (Å²) in [5, 5.41) is 0. The van der Waals surface area contributed by atoms with Gasteiger partial charge in [-0.05, 0) is 45.8 Å². The van der Waals surface area contributed by atoms with Gasteiger partial charge in [0.2, 0.25) is 0 Å².